The Hall–Kier alpha value is -2.03. The summed E-state index contributed by atoms with van der Waals surface area (Å²) >= 11 is 0. The van der Waals surface area contributed by atoms with E-state index in [0.29, 0.717) is 31.6 Å². The largest absolute Gasteiger partial charge is 0.433 e. The molecule has 6 rings (SSSR count). The lowest BCUT2D eigenvalue weighted by Crippen LogP contribution is -2.36. The molecule has 2 fully saturated rings. The lowest BCUT2D eigenvalue weighted by molar-refractivity contribution is -0.141. The number of halogens is 3. The molecule has 2 atom stereocenters. The first-order chi connectivity index (χ1) is 16.1. The van der Waals surface area contributed by atoms with Gasteiger partial charge in [-0.05, 0) is 48.6 Å². The quantitative estimate of drug-likeness (QED) is 0.622. The van der Waals surface area contributed by atoms with E-state index in [4.69, 9.17) is 14.5 Å². The van der Waals surface area contributed by atoms with Crippen LogP contribution >= 0.6 is 0 Å². The number of nitrogens with zero attached hydrogens (tertiary/aromatic N) is 2. The second-order valence-corrected chi connectivity index (χ2v) is 10.8. The summed E-state index contributed by atoms with van der Waals surface area (Å²) in [5.41, 5.74) is 3.86. The zero-order chi connectivity index (χ0) is 23.9. The number of hydrogen-bond acceptors (Lipinski definition) is 5. The Morgan fingerprint density at radius 1 is 1.09 bits per heavy atom. The van der Waals surface area contributed by atoms with Crippen molar-refractivity contribution in [2.75, 3.05) is 13.2 Å². The normalized spacial score (nSPS) is 26.7. The number of hydrogen-bond donors (Lipinski definition) is 1. The van der Waals surface area contributed by atoms with Crippen molar-refractivity contribution in [3.63, 3.8) is 0 Å². The molecule has 2 spiro atoms. The second kappa shape index (κ2) is 7.48. The van der Waals surface area contributed by atoms with Gasteiger partial charge in [0.15, 0.2) is 0 Å². The Bertz CT molecular complexity index is 1120. The van der Waals surface area contributed by atoms with Crippen LogP contribution in [0.15, 0.2) is 18.3 Å². The van der Waals surface area contributed by atoms with Crippen LogP contribution in [-0.2, 0) is 27.7 Å². The molecule has 4 aliphatic rings. The molecule has 0 unspecified atom stereocenters. The topological polar surface area (TPSA) is 64.5 Å². The van der Waals surface area contributed by atoms with Crippen LogP contribution in [0.4, 0.5) is 13.2 Å². The highest BCUT2D eigenvalue weighted by molar-refractivity contribution is 5.54. The molecule has 0 amide bonds. The Labute approximate surface area is 196 Å². The first-order valence-corrected chi connectivity index (χ1v) is 12.2. The molecule has 2 aliphatic heterocycles. The molecule has 0 aromatic carbocycles. The zero-order valence-electron chi connectivity index (χ0n) is 19.4. The maximum Gasteiger partial charge on any atom is 0.433 e. The summed E-state index contributed by atoms with van der Waals surface area (Å²) in [5.74, 6) is 0.0942. The highest BCUT2D eigenvalue weighted by Gasteiger charge is 2.55. The molecule has 2 aromatic rings. The van der Waals surface area contributed by atoms with E-state index in [9.17, 15) is 18.3 Å². The van der Waals surface area contributed by atoms with Crippen molar-refractivity contribution in [2.24, 2.45) is 5.41 Å². The molecule has 0 radical (unpaired) electrons. The van der Waals surface area contributed by atoms with Crippen molar-refractivity contribution < 1.29 is 27.8 Å². The second-order valence-electron chi connectivity index (χ2n) is 10.8. The fraction of sp³-hybridized carbons (Fsp3) is 0.615. The highest BCUT2D eigenvalue weighted by atomic mass is 19.4. The van der Waals surface area contributed by atoms with Gasteiger partial charge in [0.2, 0.25) is 0 Å². The van der Waals surface area contributed by atoms with Gasteiger partial charge in [0, 0.05) is 60.3 Å². The van der Waals surface area contributed by atoms with E-state index in [1.165, 1.54) is 12.3 Å². The average Bonchev–Trinajstić information content (AvgIpc) is 3.46. The number of fused-ring (bicyclic) bond motifs is 4. The summed E-state index contributed by atoms with van der Waals surface area (Å²) in [6.07, 6.45) is 0.690. The van der Waals surface area contributed by atoms with Crippen molar-refractivity contribution in [3.05, 3.63) is 57.7 Å². The van der Waals surface area contributed by atoms with Gasteiger partial charge in [0.25, 0.3) is 0 Å². The van der Waals surface area contributed by atoms with E-state index in [-0.39, 0.29) is 11.3 Å². The Balaban J connectivity index is 1.56. The molecule has 1 saturated carbocycles. The minimum atomic E-state index is -4.50. The van der Waals surface area contributed by atoms with Crippen LogP contribution in [0, 0.1) is 5.41 Å². The van der Waals surface area contributed by atoms with Crippen LogP contribution in [0.25, 0.3) is 0 Å². The monoisotopic (exact) mass is 474 g/mol. The third-order valence-electron chi connectivity index (χ3n) is 8.13. The van der Waals surface area contributed by atoms with E-state index in [1.54, 1.807) is 0 Å². The van der Waals surface area contributed by atoms with Crippen LogP contribution < -0.4 is 0 Å². The predicted molar refractivity (Wildman–Crippen MR) is 117 cm³/mol. The Kier molecular flexibility index (Phi) is 4.94. The molecule has 2 aliphatic carbocycles. The molecule has 1 saturated heterocycles. The van der Waals surface area contributed by atoms with Crippen molar-refractivity contribution in [1.82, 2.24) is 9.97 Å². The summed E-state index contributed by atoms with van der Waals surface area (Å²) in [4.78, 5) is 8.82. The van der Waals surface area contributed by atoms with Gasteiger partial charge < -0.3 is 14.6 Å². The van der Waals surface area contributed by atoms with E-state index in [0.717, 1.165) is 59.8 Å². The smallest absolute Gasteiger partial charge is 0.388 e. The fourth-order valence-corrected chi connectivity index (χ4v) is 6.25. The number of rotatable bonds is 2. The summed E-state index contributed by atoms with van der Waals surface area (Å²) in [6.45, 7) is 5.23. The average molecular weight is 475 g/mol. The maximum absolute atomic E-state index is 13.1. The molecule has 8 heteroatoms. The minimum absolute atomic E-state index is 0.0942. The lowest BCUT2D eigenvalue weighted by atomic mass is 9.73. The first-order valence-electron chi connectivity index (χ1n) is 12.2. The van der Waals surface area contributed by atoms with Crippen molar-refractivity contribution >= 4 is 0 Å². The number of aromatic nitrogens is 2. The van der Waals surface area contributed by atoms with Gasteiger partial charge in [-0.15, -0.1) is 0 Å². The van der Waals surface area contributed by atoms with Crippen molar-refractivity contribution in [3.8, 4) is 0 Å². The molecular weight excluding hydrogens is 445 g/mol. The van der Waals surface area contributed by atoms with Crippen molar-refractivity contribution in [1.29, 1.82) is 0 Å². The van der Waals surface area contributed by atoms with Crippen molar-refractivity contribution in [2.45, 2.75) is 82.3 Å². The Morgan fingerprint density at radius 3 is 2.41 bits per heavy atom. The van der Waals surface area contributed by atoms with E-state index >= 15 is 0 Å². The molecule has 34 heavy (non-hydrogen) atoms. The van der Waals surface area contributed by atoms with Gasteiger partial charge >= 0.3 is 6.18 Å². The third-order valence-corrected chi connectivity index (χ3v) is 8.13. The molecule has 4 heterocycles. The van der Waals surface area contributed by atoms with Gasteiger partial charge in [-0.1, -0.05) is 19.9 Å². The SMILES string of the molecule is CC(C)c1nc2c(c3c1[C@@H](c1ccc(C(F)(F)F)nc1)OC31CCOCC1)[C@@H](O)CC1(CC1)C2. The maximum atomic E-state index is 13.1. The van der Waals surface area contributed by atoms with Crippen LogP contribution in [-0.4, -0.2) is 28.3 Å². The summed E-state index contributed by atoms with van der Waals surface area (Å²) in [6, 6.07) is 2.47. The molecule has 5 nitrogen and oxygen atoms in total. The van der Waals surface area contributed by atoms with Crippen LogP contribution in [0.5, 0.6) is 0 Å². The highest BCUT2D eigenvalue weighted by Crippen LogP contribution is 2.62. The zero-order valence-corrected chi connectivity index (χ0v) is 19.4. The minimum Gasteiger partial charge on any atom is -0.388 e. The van der Waals surface area contributed by atoms with Gasteiger partial charge in [0.1, 0.15) is 11.8 Å². The van der Waals surface area contributed by atoms with E-state index in [1.807, 2.05) is 0 Å². The van der Waals surface area contributed by atoms with Gasteiger partial charge in [-0.25, -0.2) is 0 Å². The molecule has 1 N–H and O–H groups in total. The lowest BCUT2D eigenvalue weighted by Gasteiger charge is -2.38. The third kappa shape index (κ3) is 3.40. The molecule has 0 bridgehead atoms. The molecular formula is C26H29F3N2O3. The summed E-state index contributed by atoms with van der Waals surface area (Å²) in [7, 11) is 0. The summed E-state index contributed by atoms with van der Waals surface area (Å²) in [5, 5.41) is 11.4. The van der Waals surface area contributed by atoms with Crippen LogP contribution in [0.1, 0.15) is 103 Å². The summed E-state index contributed by atoms with van der Waals surface area (Å²) < 4.78 is 51.9. The van der Waals surface area contributed by atoms with Crippen LogP contribution in [0.3, 0.4) is 0 Å². The van der Waals surface area contributed by atoms with Gasteiger partial charge in [0.05, 0.1) is 11.7 Å². The molecule has 2 aromatic heterocycles. The number of alkyl halides is 3. The standard InChI is InChI=1S/C26H29F3N2O3/c1-14(2)22-20-21(19-16(31-22)11-24(5-6-24)12-17(19)32)25(7-9-33-10-8-25)34-23(20)15-3-4-18(30-13-15)26(27,28)29/h3-4,13-14,17,23,32H,5-12H2,1-2H3/t17-,23+/m0/s1. The van der Waals surface area contributed by atoms with E-state index in [2.05, 4.69) is 18.8 Å². The fourth-order valence-electron chi connectivity index (χ4n) is 6.25. The number of aliphatic hydroxyl groups is 1. The van der Waals surface area contributed by atoms with Gasteiger partial charge in [-0.2, -0.15) is 13.2 Å². The number of pyridine rings is 2. The predicted octanol–water partition coefficient (Wildman–Crippen LogP) is 5.50. The molecule has 182 valence electrons. The van der Waals surface area contributed by atoms with E-state index < -0.39 is 29.7 Å². The first kappa shape index (κ1) is 22.4. The Morgan fingerprint density at radius 2 is 1.82 bits per heavy atom. The number of ether oxygens (including phenoxy) is 2. The van der Waals surface area contributed by atoms with Gasteiger partial charge in [-0.3, -0.25) is 9.97 Å². The number of aliphatic hydroxyl groups excluding tert-OH is 1. The van der Waals surface area contributed by atoms with Crippen LogP contribution in [0.2, 0.25) is 0 Å².